The van der Waals surface area contributed by atoms with Crippen molar-refractivity contribution in [1.82, 2.24) is 4.98 Å². The summed E-state index contributed by atoms with van der Waals surface area (Å²) in [6.07, 6.45) is 3.91. The van der Waals surface area contributed by atoms with E-state index in [1.807, 2.05) is 18.3 Å². The molecule has 0 bridgehead atoms. The molecule has 1 aromatic carbocycles. The second-order valence-electron chi connectivity index (χ2n) is 5.59. The number of rotatable bonds is 4. The zero-order valence-corrected chi connectivity index (χ0v) is 14.8. The SMILES string of the molecule is CS(=O)(=O)Nc1cc(Cl)cc(-c2ccc([C@@H]3C[C@H]3N)cn2)c1.Cl. The summed E-state index contributed by atoms with van der Waals surface area (Å²) in [6, 6.07) is 9.16. The van der Waals surface area contributed by atoms with Crippen LogP contribution in [0.1, 0.15) is 17.9 Å². The zero-order valence-electron chi connectivity index (χ0n) is 12.4. The predicted molar refractivity (Wildman–Crippen MR) is 95.7 cm³/mol. The Morgan fingerprint density at radius 2 is 2.00 bits per heavy atom. The Morgan fingerprint density at radius 3 is 2.52 bits per heavy atom. The van der Waals surface area contributed by atoms with Gasteiger partial charge in [-0.2, -0.15) is 0 Å². The molecule has 2 atom stereocenters. The summed E-state index contributed by atoms with van der Waals surface area (Å²) in [4.78, 5) is 4.43. The van der Waals surface area contributed by atoms with Crippen molar-refractivity contribution in [2.75, 3.05) is 11.0 Å². The molecule has 1 aliphatic carbocycles. The van der Waals surface area contributed by atoms with Crippen LogP contribution in [-0.2, 0) is 10.0 Å². The number of halogens is 2. The number of nitrogens with one attached hydrogen (secondary N) is 1. The minimum atomic E-state index is -3.35. The van der Waals surface area contributed by atoms with E-state index in [0.717, 1.165) is 29.5 Å². The van der Waals surface area contributed by atoms with E-state index in [-0.39, 0.29) is 18.4 Å². The van der Waals surface area contributed by atoms with Crippen LogP contribution in [0, 0.1) is 0 Å². The van der Waals surface area contributed by atoms with E-state index in [1.165, 1.54) is 0 Å². The lowest BCUT2D eigenvalue weighted by Gasteiger charge is -2.08. The third-order valence-corrected chi connectivity index (χ3v) is 4.38. The molecule has 23 heavy (non-hydrogen) atoms. The van der Waals surface area contributed by atoms with Gasteiger partial charge in [-0.05, 0) is 36.2 Å². The first-order chi connectivity index (χ1) is 10.3. The Morgan fingerprint density at radius 1 is 1.30 bits per heavy atom. The quantitative estimate of drug-likeness (QED) is 0.862. The predicted octanol–water partition coefficient (Wildman–Crippen LogP) is 3.01. The number of hydrogen-bond donors (Lipinski definition) is 2. The molecule has 0 radical (unpaired) electrons. The van der Waals surface area contributed by atoms with Crippen molar-refractivity contribution in [1.29, 1.82) is 0 Å². The molecule has 1 fully saturated rings. The van der Waals surface area contributed by atoms with Crippen molar-refractivity contribution in [3.05, 3.63) is 47.1 Å². The molecule has 124 valence electrons. The standard InChI is InChI=1S/C15H16ClN3O2S.ClH/c1-22(20,21)19-12-5-10(4-11(16)6-12)15-3-2-9(8-18-15)13-7-14(13)17;/h2-6,8,13-14,19H,7,17H2,1H3;1H/t13-,14+;/m0./s1. The average molecular weight is 374 g/mol. The number of anilines is 1. The highest BCUT2D eigenvalue weighted by atomic mass is 35.5. The summed E-state index contributed by atoms with van der Waals surface area (Å²) in [5, 5.41) is 0.443. The Balaban J connectivity index is 0.00000192. The fourth-order valence-electron chi connectivity index (χ4n) is 2.40. The van der Waals surface area contributed by atoms with Crippen LogP contribution in [0.2, 0.25) is 5.02 Å². The topological polar surface area (TPSA) is 85.1 Å². The van der Waals surface area contributed by atoms with Gasteiger partial charge in [-0.25, -0.2) is 8.42 Å². The van der Waals surface area contributed by atoms with Crippen LogP contribution >= 0.6 is 24.0 Å². The zero-order chi connectivity index (χ0) is 15.9. The van der Waals surface area contributed by atoms with Crippen molar-refractivity contribution < 1.29 is 8.42 Å². The lowest BCUT2D eigenvalue weighted by Crippen LogP contribution is -2.09. The second-order valence-corrected chi connectivity index (χ2v) is 7.77. The van der Waals surface area contributed by atoms with Gasteiger partial charge in [0.05, 0.1) is 17.6 Å². The maximum Gasteiger partial charge on any atom is 0.229 e. The van der Waals surface area contributed by atoms with Gasteiger partial charge in [0, 0.05) is 28.7 Å². The highest BCUT2D eigenvalue weighted by molar-refractivity contribution is 7.92. The molecule has 0 unspecified atom stereocenters. The molecule has 1 aromatic heterocycles. The van der Waals surface area contributed by atoms with Gasteiger partial charge in [0.1, 0.15) is 0 Å². The van der Waals surface area contributed by atoms with Crippen LogP contribution in [0.5, 0.6) is 0 Å². The Labute approximate surface area is 146 Å². The molecule has 0 amide bonds. The number of nitrogens with zero attached hydrogens (tertiary/aromatic N) is 1. The Kier molecular flexibility index (Phi) is 5.20. The first-order valence-electron chi connectivity index (χ1n) is 6.82. The van der Waals surface area contributed by atoms with Crippen LogP contribution in [0.25, 0.3) is 11.3 Å². The molecule has 3 N–H and O–H groups in total. The minimum absolute atomic E-state index is 0. The third-order valence-electron chi connectivity index (χ3n) is 3.55. The van der Waals surface area contributed by atoms with Gasteiger partial charge in [0.2, 0.25) is 10.0 Å². The van der Waals surface area contributed by atoms with Crippen LogP contribution in [-0.4, -0.2) is 25.7 Å². The number of pyridine rings is 1. The summed E-state index contributed by atoms with van der Waals surface area (Å²) in [7, 11) is -3.35. The summed E-state index contributed by atoms with van der Waals surface area (Å²) >= 11 is 6.06. The maximum atomic E-state index is 11.3. The van der Waals surface area contributed by atoms with Crippen LogP contribution in [0.15, 0.2) is 36.5 Å². The molecule has 1 heterocycles. The second kappa shape index (κ2) is 6.65. The molecular formula is C15H17Cl2N3O2S. The maximum absolute atomic E-state index is 11.3. The van der Waals surface area contributed by atoms with E-state index < -0.39 is 10.0 Å². The van der Waals surface area contributed by atoms with Crippen molar-refractivity contribution in [3.8, 4) is 11.3 Å². The van der Waals surface area contributed by atoms with Gasteiger partial charge in [-0.1, -0.05) is 17.7 Å². The van der Waals surface area contributed by atoms with E-state index in [2.05, 4.69) is 9.71 Å². The summed E-state index contributed by atoms with van der Waals surface area (Å²) < 4.78 is 25.1. The van der Waals surface area contributed by atoms with Gasteiger partial charge in [-0.15, -0.1) is 12.4 Å². The molecule has 1 saturated carbocycles. The van der Waals surface area contributed by atoms with Gasteiger partial charge in [-0.3, -0.25) is 9.71 Å². The normalized spacial score (nSPS) is 19.8. The number of hydrogen-bond acceptors (Lipinski definition) is 4. The van der Waals surface area contributed by atoms with Gasteiger partial charge < -0.3 is 5.73 Å². The van der Waals surface area contributed by atoms with E-state index in [1.54, 1.807) is 18.2 Å². The molecule has 0 saturated heterocycles. The lowest BCUT2D eigenvalue weighted by molar-refractivity contribution is 0.607. The molecule has 5 nitrogen and oxygen atoms in total. The fourth-order valence-corrected chi connectivity index (χ4v) is 3.18. The number of aromatic nitrogens is 1. The number of nitrogens with two attached hydrogens (primary N) is 1. The first-order valence-corrected chi connectivity index (χ1v) is 9.09. The van der Waals surface area contributed by atoms with E-state index in [4.69, 9.17) is 17.3 Å². The van der Waals surface area contributed by atoms with E-state index in [9.17, 15) is 8.42 Å². The molecule has 1 aliphatic rings. The molecule has 8 heteroatoms. The van der Waals surface area contributed by atoms with Crippen LogP contribution < -0.4 is 10.5 Å². The molecule has 0 spiro atoms. The molecule has 0 aliphatic heterocycles. The van der Waals surface area contributed by atoms with Crippen LogP contribution in [0.3, 0.4) is 0 Å². The summed E-state index contributed by atoms with van der Waals surface area (Å²) in [6.45, 7) is 0. The molecular weight excluding hydrogens is 357 g/mol. The number of benzene rings is 1. The highest BCUT2D eigenvalue weighted by Gasteiger charge is 2.34. The lowest BCUT2D eigenvalue weighted by atomic mass is 10.1. The Hall–Kier alpha value is -1.34. The fraction of sp³-hybridized carbons (Fsp3) is 0.267. The molecule has 2 aromatic rings. The van der Waals surface area contributed by atoms with Crippen molar-refractivity contribution in [3.63, 3.8) is 0 Å². The van der Waals surface area contributed by atoms with Crippen molar-refractivity contribution in [2.24, 2.45) is 5.73 Å². The van der Waals surface area contributed by atoms with Crippen molar-refractivity contribution in [2.45, 2.75) is 18.4 Å². The first kappa shape index (κ1) is 18.0. The average Bonchev–Trinajstić information content (AvgIpc) is 3.13. The smallest absolute Gasteiger partial charge is 0.229 e. The van der Waals surface area contributed by atoms with E-state index >= 15 is 0 Å². The van der Waals surface area contributed by atoms with Crippen molar-refractivity contribution >= 4 is 39.7 Å². The Bertz CT molecular complexity index is 810. The van der Waals surface area contributed by atoms with Gasteiger partial charge in [0.15, 0.2) is 0 Å². The van der Waals surface area contributed by atoms with Crippen LogP contribution in [0.4, 0.5) is 5.69 Å². The van der Waals surface area contributed by atoms with Gasteiger partial charge >= 0.3 is 0 Å². The molecule has 3 rings (SSSR count). The highest BCUT2D eigenvalue weighted by Crippen LogP contribution is 2.39. The van der Waals surface area contributed by atoms with Gasteiger partial charge in [0.25, 0.3) is 0 Å². The monoisotopic (exact) mass is 373 g/mol. The van der Waals surface area contributed by atoms with E-state index in [0.29, 0.717) is 16.6 Å². The largest absolute Gasteiger partial charge is 0.327 e. The summed E-state index contributed by atoms with van der Waals surface area (Å²) in [5.41, 5.74) is 8.87. The minimum Gasteiger partial charge on any atom is -0.327 e. The summed E-state index contributed by atoms with van der Waals surface area (Å²) in [5.74, 6) is 0.406. The third kappa shape index (κ3) is 4.57. The number of sulfonamides is 1.